The van der Waals surface area contributed by atoms with Gasteiger partial charge in [0, 0.05) is 5.69 Å². The highest BCUT2D eigenvalue weighted by atomic mass is 16.5. The van der Waals surface area contributed by atoms with E-state index in [1.807, 2.05) is 54.6 Å². The van der Waals surface area contributed by atoms with E-state index in [0.29, 0.717) is 18.8 Å². The Morgan fingerprint density at radius 1 is 1.12 bits per heavy atom. The number of para-hydroxylation sites is 1. The highest BCUT2D eigenvalue weighted by Crippen LogP contribution is 2.19. The first-order chi connectivity index (χ1) is 12.2. The molecule has 2 rings (SSSR count). The lowest BCUT2D eigenvalue weighted by Crippen LogP contribution is -2.20. The Labute approximate surface area is 149 Å². The van der Waals surface area contributed by atoms with E-state index in [1.165, 1.54) is 0 Å². The summed E-state index contributed by atoms with van der Waals surface area (Å²) in [4.78, 5) is 12.1. The standard InChI is InChI=1S/C21H25NO3/c1-3-5-15-24-19-13-11-18(12-14-19)22-21(23)16-25-20-10-7-6-9-17(20)8-4-2/h4,6-7,9-14H,2-3,5,8,15-16H2,1H3,(H,22,23). The lowest BCUT2D eigenvalue weighted by atomic mass is 10.1. The number of amides is 1. The number of hydrogen-bond donors (Lipinski definition) is 1. The molecule has 0 heterocycles. The molecule has 2 aromatic rings. The largest absolute Gasteiger partial charge is 0.494 e. The van der Waals surface area contributed by atoms with Crippen molar-refractivity contribution in [3.05, 3.63) is 66.7 Å². The molecule has 0 saturated heterocycles. The van der Waals surface area contributed by atoms with E-state index in [0.717, 1.165) is 29.8 Å². The molecular formula is C21H25NO3. The summed E-state index contributed by atoms with van der Waals surface area (Å²) in [6, 6.07) is 15.0. The summed E-state index contributed by atoms with van der Waals surface area (Å²) in [5.41, 5.74) is 1.73. The molecule has 0 unspecified atom stereocenters. The molecule has 4 nitrogen and oxygen atoms in total. The van der Waals surface area contributed by atoms with Crippen LogP contribution in [0.3, 0.4) is 0 Å². The van der Waals surface area contributed by atoms with Gasteiger partial charge >= 0.3 is 0 Å². The minimum atomic E-state index is -0.201. The van der Waals surface area contributed by atoms with E-state index < -0.39 is 0 Å². The molecule has 2 aromatic carbocycles. The summed E-state index contributed by atoms with van der Waals surface area (Å²) < 4.78 is 11.2. The van der Waals surface area contributed by atoms with E-state index in [2.05, 4.69) is 18.8 Å². The van der Waals surface area contributed by atoms with Crippen LogP contribution in [0.5, 0.6) is 11.5 Å². The predicted molar refractivity (Wildman–Crippen MR) is 101 cm³/mol. The lowest BCUT2D eigenvalue weighted by Gasteiger charge is -2.11. The molecule has 0 saturated carbocycles. The Bertz CT molecular complexity index is 680. The summed E-state index contributed by atoms with van der Waals surface area (Å²) in [5, 5.41) is 2.82. The van der Waals surface area contributed by atoms with Crippen molar-refractivity contribution in [1.82, 2.24) is 0 Å². The maximum atomic E-state index is 12.1. The Morgan fingerprint density at radius 2 is 1.88 bits per heavy atom. The van der Waals surface area contributed by atoms with Crippen LogP contribution >= 0.6 is 0 Å². The predicted octanol–water partition coefficient (Wildman–Crippen LogP) is 4.61. The van der Waals surface area contributed by atoms with Crippen LogP contribution in [-0.2, 0) is 11.2 Å². The fraction of sp³-hybridized carbons (Fsp3) is 0.286. The van der Waals surface area contributed by atoms with E-state index in [-0.39, 0.29) is 12.5 Å². The van der Waals surface area contributed by atoms with Crippen molar-refractivity contribution in [2.45, 2.75) is 26.2 Å². The average molecular weight is 339 g/mol. The van der Waals surface area contributed by atoms with Crippen LogP contribution in [-0.4, -0.2) is 19.1 Å². The van der Waals surface area contributed by atoms with Gasteiger partial charge in [-0.2, -0.15) is 0 Å². The number of rotatable bonds is 10. The third-order valence-corrected chi connectivity index (χ3v) is 3.60. The molecule has 0 aliphatic carbocycles. The summed E-state index contributed by atoms with van der Waals surface area (Å²) in [5.74, 6) is 1.31. The number of nitrogens with one attached hydrogen (secondary N) is 1. The van der Waals surface area contributed by atoms with Crippen molar-refractivity contribution in [2.24, 2.45) is 0 Å². The SMILES string of the molecule is C=CCc1ccccc1OCC(=O)Nc1ccc(OCCCC)cc1. The number of unbranched alkanes of at least 4 members (excludes halogenated alkanes) is 1. The normalized spacial score (nSPS) is 10.1. The smallest absolute Gasteiger partial charge is 0.262 e. The highest BCUT2D eigenvalue weighted by Gasteiger charge is 2.06. The van der Waals surface area contributed by atoms with E-state index in [1.54, 1.807) is 0 Å². The first kappa shape index (κ1) is 18.6. The van der Waals surface area contributed by atoms with Crippen molar-refractivity contribution in [2.75, 3.05) is 18.5 Å². The van der Waals surface area contributed by atoms with Crippen LogP contribution in [0.25, 0.3) is 0 Å². The maximum absolute atomic E-state index is 12.1. The second kappa shape index (κ2) is 10.2. The summed E-state index contributed by atoms with van der Waals surface area (Å²) in [6.07, 6.45) is 4.65. The number of hydrogen-bond acceptors (Lipinski definition) is 3. The minimum absolute atomic E-state index is 0.0388. The Balaban J connectivity index is 1.83. The molecule has 1 amide bonds. The Kier molecular flexibility index (Phi) is 7.57. The van der Waals surface area contributed by atoms with Crippen LogP contribution in [0.2, 0.25) is 0 Å². The van der Waals surface area contributed by atoms with E-state index >= 15 is 0 Å². The topological polar surface area (TPSA) is 47.6 Å². The molecule has 0 aliphatic rings. The van der Waals surface area contributed by atoms with Gasteiger partial charge in [-0.3, -0.25) is 4.79 Å². The van der Waals surface area contributed by atoms with Gasteiger partial charge in [0.05, 0.1) is 6.61 Å². The number of carbonyl (C=O) groups excluding carboxylic acids is 1. The third kappa shape index (κ3) is 6.34. The summed E-state index contributed by atoms with van der Waals surface area (Å²) in [7, 11) is 0. The second-order valence-electron chi connectivity index (χ2n) is 5.66. The van der Waals surface area contributed by atoms with Crippen molar-refractivity contribution < 1.29 is 14.3 Å². The van der Waals surface area contributed by atoms with Crippen LogP contribution < -0.4 is 14.8 Å². The minimum Gasteiger partial charge on any atom is -0.494 e. The second-order valence-corrected chi connectivity index (χ2v) is 5.66. The Hall–Kier alpha value is -2.75. The molecule has 4 heteroatoms. The van der Waals surface area contributed by atoms with E-state index in [9.17, 15) is 4.79 Å². The average Bonchev–Trinajstić information content (AvgIpc) is 2.63. The van der Waals surface area contributed by atoms with Gasteiger partial charge in [0.25, 0.3) is 5.91 Å². The van der Waals surface area contributed by atoms with Crippen LogP contribution in [0.4, 0.5) is 5.69 Å². The van der Waals surface area contributed by atoms with Crippen LogP contribution in [0.15, 0.2) is 61.2 Å². The van der Waals surface area contributed by atoms with Crippen molar-refractivity contribution in [3.8, 4) is 11.5 Å². The summed E-state index contributed by atoms with van der Waals surface area (Å²) >= 11 is 0. The molecule has 0 atom stereocenters. The van der Waals surface area contributed by atoms with Gasteiger partial charge in [0.2, 0.25) is 0 Å². The third-order valence-electron chi connectivity index (χ3n) is 3.60. The van der Waals surface area contributed by atoms with Gasteiger partial charge in [0.15, 0.2) is 6.61 Å². The molecule has 0 radical (unpaired) electrons. The van der Waals surface area contributed by atoms with Crippen molar-refractivity contribution in [3.63, 3.8) is 0 Å². The quantitative estimate of drug-likeness (QED) is 0.508. The fourth-order valence-corrected chi connectivity index (χ4v) is 2.28. The Morgan fingerprint density at radius 3 is 2.60 bits per heavy atom. The molecule has 0 fully saturated rings. The molecule has 0 aliphatic heterocycles. The lowest BCUT2D eigenvalue weighted by molar-refractivity contribution is -0.118. The van der Waals surface area contributed by atoms with Gasteiger partial charge in [-0.05, 0) is 48.7 Å². The van der Waals surface area contributed by atoms with Gasteiger partial charge < -0.3 is 14.8 Å². The first-order valence-corrected chi connectivity index (χ1v) is 8.57. The van der Waals surface area contributed by atoms with Crippen LogP contribution in [0, 0.1) is 0 Å². The molecule has 25 heavy (non-hydrogen) atoms. The number of allylic oxidation sites excluding steroid dienone is 1. The molecule has 0 bridgehead atoms. The zero-order valence-electron chi connectivity index (χ0n) is 14.7. The van der Waals surface area contributed by atoms with Gasteiger partial charge in [-0.1, -0.05) is 37.6 Å². The zero-order chi connectivity index (χ0) is 17.9. The molecular weight excluding hydrogens is 314 g/mol. The van der Waals surface area contributed by atoms with Crippen LogP contribution in [0.1, 0.15) is 25.3 Å². The van der Waals surface area contributed by atoms with Crippen molar-refractivity contribution >= 4 is 11.6 Å². The van der Waals surface area contributed by atoms with Gasteiger partial charge in [-0.15, -0.1) is 6.58 Å². The number of carbonyl (C=O) groups is 1. The highest BCUT2D eigenvalue weighted by molar-refractivity contribution is 5.91. The molecule has 132 valence electrons. The first-order valence-electron chi connectivity index (χ1n) is 8.57. The maximum Gasteiger partial charge on any atom is 0.262 e. The van der Waals surface area contributed by atoms with Crippen molar-refractivity contribution in [1.29, 1.82) is 0 Å². The summed E-state index contributed by atoms with van der Waals surface area (Å²) in [6.45, 7) is 6.53. The monoisotopic (exact) mass is 339 g/mol. The molecule has 1 N–H and O–H groups in total. The number of anilines is 1. The molecule has 0 spiro atoms. The van der Waals surface area contributed by atoms with Gasteiger partial charge in [-0.25, -0.2) is 0 Å². The number of benzene rings is 2. The number of ether oxygens (including phenoxy) is 2. The molecule has 0 aromatic heterocycles. The van der Waals surface area contributed by atoms with Gasteiger partial charge in [0.1, 0.15) is 11.5 Å². The fourth-order valence-electron chi connectivity index (χ4n) is 2.28. The van der Waals surface area contributed by atoms with E-state index in [4.69, 9.17) is 9.47 Å². The zero-order valence-corrected chi connectivity index (χ0v) is 14.7.